The lowest BCUT2D eigenvalue weighted by molar-refractivity contribution is -0.890. The molecule has 0 spiro atoms. The summed E-state index contributed by atoms with van der Waals surface area (Å²) in [6.07, 6.45) is 23.0. The third-order valence-corrected chi connectivity index (χ3v) is 5.23. The predicted molar refractivity (Wildman–Crippen MR) is 128 cm³/mol. The number of hydrogen-bond acceptors (Lipinski definition) is 0. The summed E-state index contributed by atoms with van der Waals surface area (Å²) in [5.74, 6) is 0. The Morgan fingerprint density at radius 2 is 0.654 bits per heavy atom. The fraction of sp³-hybridized carbons (Fsp3) is 1.00. The van der Waals surface area contributed by atoms with Gasteiger partial charge in [0.15, 0.2) is 0 Å². The van der Waals surface area contributed by atoms with Gasteiger partial charge in [0, 0.05) is 0 Å². The van der Waals surface area contributed by atoms with Crippen molar-refractivity contribution in [1.82, 2.24) is 0 Å². The van der Waals surface area contributed by atoms with E-state index in [0.717, 1.165) is 0 Å². The van der Waals surface area contributed by atoms with Crippen molar-refractivity contribution in [3.63, 3.8) is 0 Å². The van der Waals surface area contributed by atoms with Gasteiger partial charge in [0.2, 0.25) is 0 Å². The Balaban J connectivity index is -0.000000807. The molecule has 0 saturated heterocycles. The van der Waals surface area contributed by atoms with Gasteiger partial charge in [-0.15, -0.1) is 34.0 Å². The molecule has 0 aromatic rings. The molecule has 164 valence electrons. The standard InChI is InChI=1S/C22H48N.3BrH/c1-5-7-9-11-13-15-17-19-21-23(3,4)22-20-18-16-14-12-10-8-6-2;;;/h5-22H2,1-4H3;3*1H/q+1;;;/p-1. The molecule has 0 aliphatic carbocycles. The summed E-state index contributed by atoms with van der Waals surface area (Å²) in [5.41, 5.74) is 0. The number of halogens is 3. The number of rotatable bonds is 18. The molecule has 1 nitrogen and oxygen atoms in total. The summed E-state index contributed by atoms with van der Waals surface area (Å²) in [6.45, 7) is 7.36. The molecule has 0 atom stereocenters. The zero-order chi connectivity index (χ0) is 17.2. The second kappa shape index (κ2) is 26.4. The highest BCUT2D eigenvalue weighted by Crippen LogP contribution is 2.13. The Morgan fingerprint density at radius 1 is 0.423 bits per heavy atom. The van der Waals surface area contributed by atoms with E-state index in [1.165, 1.54) is 120 Å². The Kier molecular flexibility index (Phi) is 35.4. The van der Waals surface area contributed by atoms with E-state index in [2.05, 4.69) is 27.9 Å². The average molecular weight is 568 g/mol. The molecule has 0 rings (SSSR count). The number of unbranched alkanes of at least 4 members (excludes halogenated alkanes) is 14. The van der Waals surface area contributed by atoms with Crippen molar-refractivity contribution in [2.45, 2.75) is 117 Å². The van der Waals surface area contributed by atoms with Crippen molar-refractivity contribution in [2.75, 3.05) is 27.2 Å². The molecule has 0 N–H and O–H groups in total. The first-order chi connectivity index (χ1) is 11.1. The van der Waals surface area contributed by atoms with Gasteiger partial charge < -0.3 is 21.5 Å². The highest BCUT2D eigenvalue weighted by Gasteiger charge is 2.13. The summed E-state index contributed by atoms with van der Waals surface area (Å²) in [7, 11) is 4.87. The number of hydrogen-bond donors (Lipinski definition) is 0. The van der Waals surface area contributed by atoms with Crippen LogP contribution in [0.1, 0.15) is 117 Å². The fourth-order valence-electron chi connectivity index (χ4n) is 3.46. The molecule has 0 saturated carbocycles. The van der Waals surface area contributed by atoms with Crippen molar-refractivity contribution in [3.8, 4) is 0 Å². The quantitative estimate of drug-likeness (QED) is 0.151. The molecule has 0 fully saturated rings. The molecule has 0 heterocycles. The largest absolute Gasteiger partial charge is 1.00 e. The zero-order valence-corrected chi connectivity index (χ0v) is 23.4. The fourth-order valence-corrected chi connectivity index (χ4v) is 3.46. The van der Waals surface area contributed by atoms with Crippen molar-refractivity contribution >= 4 is 34.0 Å². The van der Waals surface area contributed by atoms with Crippen LogP contribution in [-0.2, 0) is 0 Å². The zero-order valence-electron chi connectivity index (χ0n) is 18.4. The lowest BCUT2D eigenvalue weighted by atomic mass is 10.1. The second-order valence-corrected chi connectivity index (χ2v) is 8.33. The van der Waals surface area contributed by atoms with E-state index in [0.29, 0.717) is 0 Å². The first-order valence-corrected chi connectivity index (χ1v) is 10.9. The van der Waals surface area contributed by atoms with Gasteiger partial charge >= 0.3 is 0 Å². The number of nitrogens with zero attached hydrogens (tertiary/aromatic N) is 1. The molecule has 4 heteroatoms. The Labute approximate surface area is 198 Å². The van der Waals surface area contributed by atoms with Gasteiger partial charge in [0.25, 0.3) is 0 Å². The molecule has 26 heavy (non-hydrogen) atoms. The van der Waals surface area contributed by atoms with Gasteiger partial charge in [-0.1, -0.05) is 90.9 Å². The van der Waals surface area contributed by atoms with Crippen LogP contribution in [0, 0.1) is 0 Å². The SMILES string of the molecule is Br.Br.CCCCCCCCCC[N+](C)(C)CCCCCCCCCC.[Br-]. The highest BCUT2D eigenvalue weighted by atomic mass is 79.9. The minimum absolute atomic E-state index is 0. The van der Waals surface area contributed by atoms with Crippen LogP contribution < -0.4 is 17.0 Å². The summed E-state index contributed by atoms with van der Waals surface area (Å²) < 4.78 is 1.24. The average Bonchev–Trinajstić information content (AvgIpc) is 2.52. The monoisotopic (exact) mass is 565 g/mol. The third kappa shape index (κ3) is 27.6. The minimum Gasteiger partial charge on any atom is -1.00 e. The molecule has 0 aliphatic heterocycles. The maximum absolute atomic E-state index is 2.43. The molecular formula is C22H50Br3N. The molecular weight excluding hydrogens is 518 g/mol. The molecule has 0 aromatic heterocycles. The Morgan fingerprint density at radius 3 is 0.923 bits per heavy atom. The van der Waals surface area contributed by atoms with E-state index < -0.39 is 0 Å². The summed E-state index contributed by atoms with van der Waals surface area (Å²) in [6, 6.07) is 0. The maximum atomic E-state index is 2.43. The first-order valence-electron chi connectivity index (χ1n) is 10.9. The molecule has 0 amide bonds. The van der Waals surface area contributed by atoms with Crippen LogP contribution in [0.25, 0.3) is 0 Å². The van der Waals surface area contributed by atoms with Crippen molar-refractivity contribution in [1.29, 1.82) is 0 Å². The molecule has 0 aliphatic rings. The normalized spacial score (nSPS) is 10.6. The maximum Gasteiger partial charge on any atom is 0.0782 e. The van der Waals surface area contributed by atoms with Gasteiger partial charge in [-0.25, -0.2) is 0 Å². The van der Waals surface area contributed by atoms with E-state index in [4.69, 9.17) is 0 Å². The smallest absolute Gasteiger partial charge is 0.0782 e. The lowest BCUT2D eigenvalue weighted by Gasteiger charge is -2.30. The van der Waals surface area contributed by atoms with E-state index in [1.54, 1.807) is 0 Å². The first kappa shape index (κ1) is 34.9. The van der Waals surface area contributed by atoms with Gasteiger partial charge in [-0.05, 0) is 25.7 Å². The highest BCUT2D eigenvalue weighted by molar-refractivity contribution is 8.93. The molecule has 0 aromatic carbocycles. The van der Waals surface area contributed by atoms with Crippen molar-refractivity contribution in [3.05, 3.63) is 0 Å². The van der Waals surface area contributed by atoms with Crippen LogP contribution in [0.5, 0.6) is 0 Å². The Bertz CT molecular complexity index is 213. The molecule has 0 radical (unpaired) electrons. The van der Waals surface area contributed by atoms with Crippen LogP contribution >= 0.6 is 34.0 Å². The topological polar surface area (TPSA) is 0 Å². The minimum atomic E-state index is 0. The van der Waals surface area contributed by atoms with Gasteiger partial charge in [-0.2, -0.15) is 0 Å². The van der Waals surface area contributed by atoms with E-state index in [-0.39, 0.29) is 50.9 Å². The van der Waals surface area contributed by atoms with E-state index in [9.17, 15) is 0 Å². The molecule has 0 bridgehead atoms. The summed E-state index contributed by atoms with van der Waals surface area (Å²) in [5, 5.41) is 0. The summed E-state index contributed by atoms with van der Waals surface area (Å²) in [4.78, 5) is 0. The van der Waals surface area contributed by atoms with Crippen LogP contribution in [0.3, 0.4) is 0 Å². The van der Waals surface area contributed by atoms with Gasteiger partial charge in [0.05, 0.1) is 27.2 Å². The van der Waals surface area contributed by atoms with Crippen LogP contribution in [0.4, 0.5) is 0 Å². The second-order valence-electron chi connectivity index (χ2n) is 8.33. The lowest BCUT2D eigenvalue weighted by Crippen LogP contribution is -3.00. The number of quaternary nitrogens is 1. The van der Waals surface area contributed by atoms with Crippen molar-refractivity contribution < 1.29 is 21.5 Å². The molecule has 0 unspecified atom stereocenters. The van der Waals surface area contributed by atoms with Crippen LogP contribution in [0.15, 0.2) is 0 Å². The van der Waals surface area contributed by atoms with Gasteiger partial charge in [0.1, 0.15) is 0 Å². The van der Waals surface area contributed by atoms with Crippen LogP contribution in [-0.4, -0.2) is 31.7 Å². The van der Waals surface area contributed by atoms with Gasteiger partial charge in [-0.3, -0.25) is 0 Å². The van der Waals surface area contributed by atoms with Crippen molar-refractivity contribution in [2.24, 2.45) is 0 Å². The Hall–Kier alpha value is 1.40. The van der Waals surface area contributed by atoms with E-state index >= 15 is 0 Å². The summed E-state index contributed by atoms with van der Waals surface area (Å²) >= 11 is 0. The van der Waals surface area contributed by atoms with E-state index in [1.807, 2.05) is 0 Å². The predicted octanol–water partition coefficient (Wildman–Crippen LogP) is 5.50. The third-order valence-electron chi connectivity index (χ3n) is 5.23. The van der Waals surface area contributed by atoms with Crippen LogP contribution in [0.2, 0.25) is 0 Å².